The van der Waals surface area contributed by atoms with Crippen molar-refractivity contribution < 1.29 is 23.9 Å². The molecule has 0 aliphatic carbocycles. The van der Waals surface area contributed by atoms with Crippen molar-refractivity contribution in [2.75, 3.05) is 24.9 Å². The van der Waals surface area contributed by atoms with Crippen LogP contribution in [0.5, 0.6) is 0 Å². The summed E-state index contributed by atoms with van der Waals surface area (Å²) in [6.45, 7) is 1.93. The highest BCUT2D eigenvalue weighted by molar-refractivity contribution is 5.98. The largest absolute Gasteiger partial charge is 0.466 e. The Labute approximate surface area is 134 Å². The summed E-state index contributed by atoms with van der Waals surface area (Å²) in [7, 11) is 2.42. The van der Waals surface area contributed by atoms with Crippen molar-refractivity contribution in [1.29, 1.82) is 0 Å². The number of carbonyl (C=O) groups excluding carboxylic acids is 3. The van der Waals surface area contributed by atoms with Crippen molar-refractivity contribution in [2.24, 2.45) is 0 Å². The van der Waals surface area contributed by atoms with Crippen LogP contribution >= 0.6 is 0 Å². The van der Waals surface area contributed by atoms with Gasteiger partial charge in [-0.2, -0.15) is 0 Å². The van der Waals surface area contributed by atoms with Crippen molar-refractivity contribution in [3.63, 3.8) is 0 Å². The third kappa shape index (κ3) is 6.21. The number of nitrogens with one attached hydrogen (secondary N) is 2. The molecule has 23 heavy (non-hydrogen) atoms. The highest BCUT2D eigenvalue weighted by Gasteiger charge is 2.12. The lowest BCUT2D eigenvalue weighted by molar-refractivity contribution is -0.138. The van der Waals surface area contributed by atoms with E-state index >= 15 is 0 Å². The van der Waals surface area contributed by atoms with Gasteiger partial charge < -0.3 is 20.1 Å². The predicted molar refractivity (Wildman–Crippen MR) is 85.7 cm³/mol. The van der Waals surface area contributed by atoms with Gasteiger partial charge >= 0.3 is 11.9 Å². The van der Waals surface area contributed by atoms with Crippen LogP contribution in [0.15, 0.2) is 36.0 Å². The molecule has 0 fully saturated rings. The first-order chi connectivity index (χ1) is 11.0. The third-order valence-electron chi connectivity index (χ3n) is 2.79. The maximum atomic E-state index is 11.6. The van der Waals surface area contributed by atoms with Gasteiger partial charge in [-0.15, -0.1) is 0 Å². The molecule has 7 heteroatoms. The van der Waals surface area contributed by atoms with Crippen LogP contribution in [0.1, 0.15) is 19.8 Å². The van der Waals surface area contributed by atoms with Crippen molar-refractivity contribution in [1.82, 2.24) is 0 Å². The van der Waals surface area contributed by atoms with Gasteiger partial charge in [0.25, 0.3) is 0 Å². The first-order valence-corrected chi connectivity index (χ1v) is 7.05. The summed E-state index contributed by atoms with van der Waals surface area (Å²) in [6, 6.07) is 6.69. The second-order valence-corrected chi connectivity index (χ2v) is 4.57. The Morgan fingerprint density at radius 1 is 1.00 bits per heavy atom. The number of carbonyl (C=O) groups is 3. The molecule has 0 aliphatic rings. The van der Waals surface area contributed by atoms with Crippen LogP contribution in [0, 0.1) is 0 Å². The molecule has 0 aromatic heterocycles. The van der Waals surface area contributed by atoms with E-state index in [4.69, 9.17) is 0 Å². The van der Waals surface area contributed by atoms with Crippen LogP contribution in [0.3, 0.4) is 0 Å². The summed E-state index contributed by atoms with van der Waals surface area (Å²) in [6.07, 6.45) is 2.23. The van der Waals surface area contributed by atoms with Crippen molar-refractivity contribution in [2.45, 2.75) is 19.8 Å². The van der Waals surface area contributed by atoms with E-state index in [-0.39, 0.29) is 11.6 Å². The Morgan fingerprint density at radius 3 is 2.04 bits per heavy atom. The van der Waals surface area contributed by atoms with Crippen molar-refractivity contribution in [3.05, 3.63) is 36.0 Å². The Kier molecular flexibility index (Phi) is 7.32. The van der Waals surface area contributed by atoms with Gasteiger partial charge in [0.1, 0.15) is 5.70 Å². The molecule has 0 heterocycles. The number of benzene rings is 1. The van der Waals surface area contributed by atoms with Crippen LogP contribution < -0.4 is 10.6 Å². The molecule has 1 rings (SSSR count). The molecular weight excluding hydrogens is 300 g/mol. The van der Waals surface area contributed by atoms with E-state index in [9.17, 15) is 14.4 Å². The van der Waals surface area contributed by atoms with Crippen LogP contribution in [0.4, 0.5) is 11.4 Å². The van der Waals surface area contributed by atoms with E-state index in [1.54, 1.807) is 24.3 Å². The summed E-state index contributed by atoms with van der Waals surface area (Å²) < 4.78 is 9.09. The average molecular weight is 320 g/mol. The van der Waals surface area contributed by atoms with Gasteiger partial charge in [-0.25, -0.2) is 9.59 Å². The molecule has 124 valence electrons. The summed E-state index contributed by atoms with van der Waals surface area (Å²) in [4.78, 5) is 34.4. The molecule has 0 atom stereocenters. The molecule has 0 spiro atoms. The fraction of sp³-hybridized carbons (Fsp3) is 0.312. The predicted octanol–water partition coefficient (Wildman–Crippen LogP) is 2.07. The van der Waals surface area contributed by atoms with Crippen LogP contribution in [-0.2, 0) is 23.9 Å². The zero-order valence-electron chi connectivity index (χ0n) is 13.3. The molecule has 0 saturated carbocycles. The Hall–Kier alpha value is -2.83. The molecule has 2 N–H and O–H groups in total. The Morgan fingerprint density at radius 2 is 1.57 bits per heavy atom. The monoisotopic (exact) mass is 320 g/mol. The van der Waals surface area contributed by atoms with E-state index in [0.717, 1.165) is 12.5 Å². The SMILES string of the molecule is CCCC(=O)Nc1ccc(N/C(=C/C(=O)OC)C(=O)OC)cc1. The van der Waals surface area contributed by atoms with E-state index in [2.05, 4.69) is 20.1 Å². The minimum absolute atomic E-state index is 0.0536. The van der Waals surface area contributed by atoms with E-state index in [1.807, 2.05) is 6.92 Å². The third-order valence-corrected chi connectivity index (χ3v) is 2.79. The Bertz CT molecular complexity index is 593. The fourth-order valence-corrected chi connectivity index (χ4v) is 1.68. The number of hydrogen-bond donors (Lipinski definition) is 2. The highest BCUT2D eigenvalue weighted by Crippen LogP contribution is 2.16. The molecule has 0 bridgehead atoms. The topological polar surface area (TPSA) is 93.7 Å². The molecule has 0 unspecified atom stereocenters. The zero-order chi connectivity index (χ0) is 17.2. The average Bonchev–Trinajstić information content (AvgIpc) is 2.55. The van der Waals surface area contributed by atoms with Gasteiger partial charge in [0.15, 0.2) is 0 Å². The molecule has 0 radical (unpaired) electrons. The smallest absolute Gasteiger partial charge is 0.354 e. The highest BCUT2D eigenvalue weighted by atomic mass is 16.5. The van der Waals surface area contributed by atoms with E-state index in [1.165, 1.54) is 14.2 Å². The number of amides is 1. The van der Waals surface area contributed by atoms with Crippen molar-refractivity contribution in [3.8, 4) is 0 Å². The first kappa shape index (κ1) is 18.2. The number of rotatable bonds is 7. The summed E-state index contributed by atoms with van der Waals surface area (Å²) in [5.74, 6) is -1.44. The number of ether oxygens (including phenoxy) is 2. The van der Waals surface area contributed by atoms with Gasteiger partial charge in [0.05, 0.1) is 20.3 Å². The van der Waals surface area contributed by atoms with Gasteiger partial charge in [0.2, 0.25) is 5.91 Å². The van der Waals surface area contributed by atoms with Gasteiger partial charge in [0, 0.05) is 17.8 Å². The lowest BCUT2D eigenvalue weighted by atomic mass is 10.2. The molecule has 7 nitrogen and oxygen atoms in total. The summed E-state index contributed by atoms with van der Waals surface area (Å²) in [5, 5.41) is 5.53. The number of methoxy groups -OCH3 is 2. The minimum Gasteiger partial charge on any atom is -0.466 e. The van der Waals surface area contributed by atoms with Crippen LogP contribution in [0.2, 0.25) is 0 Å². The van der Waals surface area contributed by atoms with Crippen LogP contribution in [-0.4, -0.2) is 32.1 Å². The molecule has 1 aromatic rings. The lowest BCUT2D eigenvalue weighted by Gasteiger charge is -2.10. The standard InChI is InChI=1S/C16H20N2O5/c1-4-5-14(19)18-12-8-6-11(7-9-12)17-13(16(21)23-3)10-15(20)22-2/h6-10,17H,4-5H2,1-3H3,(H,18,19)/b13-10+. The fourth-order valence-electron chi connectivity index (χ4n) is 1.68. The van der Waals surface area contributed by atoms with E-state index < -0.39 is 11.9 Å². The maximum Gasteiger partial charge on any atom is 0.354 e. The lowest BCUT2D eigenvalue weighted by Crippen LogP contribution is -2.15. The van der Waals surface area contributed by atoms with Crippen LogP contribution in [0.25, 0.3) is 0 Å². The number of hydrogen-bond acceptors (Lipinski definition) is 6. The normalized spacial score (nSPS) is 10.7. The first-order valence-electron chi connectivity index (χ1n) is 7.05. The van der Waals surface area contributed by atoms with E-state index in [0.29, 0.717) is 17.8 Å². The van der Waals surface area contributed by atoms with Gasteiger partial charge in [-0.05, 0) is 30.7 Å². The second kappa shape index (κ2) is 9.24. The molecule has 0 saturated heterocycles. The minimum atomic E-state index is -0.698. The van der Waals surface area contributed by atoms with Gasteiger partial charge in [-0.3, -0.25) is 4.79 Å². The quantitative estimate of drug-likeness (QED) is 0.590. The Balaban J connectivity index is 2.81. The summed E-state index contributed by atoms with van der Waals surface area (Å²) >= 11 is 0. The number of anilines is 2. The van der Waals surface area contributed by atoms with Crippen molar-refractivity contribution >= 4 is 29.2 Å². The molecule has 0 aliphatic heterocycles. The summed E-state index contributed by atoms with van der Waals surface area (Å²) in [5.41, 5.74) is 1.15. The maximum absolute atomic E-state index is 11.6. The number of esters is 2. The van der Waals surface area contributed by atoms with Gasteiger partial charge in [-0.1, -0.05) is 6.92 Å². The molecule has 1 amide bonds. The molecular formula is C16H20N2O5. The molecule has 1 aromatic carbocycles. The zero-order valence-corrected chi connectivity index (χ0v) is 13.3. The second-order valence-electron chi connectivity index (χ2n) is 4.57.